The van der Waals surface area contributed by atoms with Crippen LogP contribution in [0.3, 0.4) is 0 Å². The lowest BCUT2D eigenvalue weighted by atomic mass is 10.1. The van der Waals surface area contributed by atoms with Crippen LogP contribution < -0.4 is 15.6 Å². The van der Waals surface area contributed by atoms with Gasteiger partial charge in [-0.1, -0.05) is 41.0 Å². The molecule has 0 aliphatic rings. The van der Waals surface area contributed by atoms with Crippen LogP contribution in [0.2, 0.25) is 5.02 Å². The molecular weight excluding hydrogens is 408 g/mol. The fraction of sp³-hybridized carbons (Fsp3) is 0.143. The summed E-state index contributed by atoms with van der Waals surface area (Å²) < 4.78 is 11.9. The van der Waals surface area contributed by atoms with E-state index in [1.165, 1.54) is 10.9 Å². The van der Waals surface area contributed by atoms with Crippen molar-refractivity contribution in [2.75, 3.05) is 11.9 Å². The number of nitrogens with one attached hydrogen (secondary N) is 1. The Morgan fingerprint density at radius 3 is 2.73 bits per heavy atom. The topological polar surface area (TPSA) is 99.2 Å². The van der Waals surface area contributed by atoms with Crippen molar-refractivity contribution < 1.29 is 14.1 Å². The average Bonchev–Trinajstić information content (AvgIpc) is 3.17. The van der Waals surface area contributed by atoms with Gasteiger partial charge in [-0.2, -0.15) is 0 Å². The molecule has 0 spiro atoms. The van der Waals surface area contributed by atoms with Crippen molar-refractivity contribution in [2.24, 2.45) is 0 Å². The van der Waals surface area contributed by atoms with Crippen molar-refractivity contribution in [3.05, 3.63) is 70.2 Å². The van der Waals surface area contributed by atoms with E-state index in [0.717, 1.165) is 0 Å². The number of aromatic nitrogens is 3. The van der Waals surface area contributed by atoms with E-state index in [1.807, 2.05) is 13.0 Å². The molecule has 4 rings (SSSR count). The van der Waals surface area contributed by atoms with Crippen LogP contribution in [-0.2, 0) is 11.3 Å². The number of halogens is 1. The molecule has 0 aliphatic carbocycles. The van der Waals surface area contributed by atoms with Gasteiger partial charge in [0.1, 0.15) is 29.7 Å². The van der Waals surface area contributed by atoms with Gasteiger partial charge in [0.2, 0.25) is 5.91 Å². The lowest BCUT2D eigenvalue weighted by Gasteiger charge is -2.11. The van der Waals surface area contributed by atoms with Gasteiger partial charge < -0.3 is 14.6 Å². The van der Waals surface area contributed by atoms with Crippen molar-refractivity contribution in [3.8, 4) is 17.0 Å². The van der Waals surface area contributed by atoms with Crippen LogP contribution in [0.4, 0.5) is 5.69 Å². The third-order valence-corrected chi connectivity index (χ3v) is 4.61. The molecule has 0 saturated heterocycles. The number of rotatable bonds is 6. The first kappa shape index (κ1) is 19.7. The molecule has 2 aromatic heterocycles. The Morgan fingerprint density at radius 2 is 1.97 bits per heavy atom. The second kappa shape index (κ2) is 8.38. The smallest absolute Gasteiger partial charge is 0.267 e. The molecule has 0 fully saturated rings. The van der Waals surface area contributed by atoms with Crippen molar-refractivity contribution >= 4 is 34.3 Å². The lowest BCUT2D eigenvalue weighted by Crippen LogP contribution is -2.28. The molecule has 0 saturated carbocycles. The van der Waals surface area contributed by atoms with Crippen molar-refractivity contribution in [1.29, 1.82) is 0 Å². The number of anilines is 1. The Kier molecular flexibility index (Phi) is 5.49. The fourth-order valence-electron chi connectivity index (χ4n) is 2.99. The molecule has 8 nitrogen and oxygen atoms in total. The van der Waals surface area contributed by atoms with Gasteiger partial charge in [-0.15, -0.1) is 0 Å². The van der Waals surface area contributed by atoms with E-state index in [9.17, 15) is 9.59 Å². The Hall–Kier alpha value is -3.65. The van der Waals surface area contributed by atoms with Gasteiger partial charge in [-0.05, 0) is 31.2 Å². The zero-order chi connectivity index (χ0) is 21.1. The number of fused-ring (bicyclic) bond motifs is 1. The van der Waals surface area contributed by atoms with E-state index < -0.39 is 11.5 Å². The van der Waals surface area contributed by atoms with Crippen LogP contribution in [0.15, 0.2) is 64.2 Å². The van der Waals surface area contributed by atoms with Crippen LogP contribution in [0, 0.1) is 0 Å². The van der Waals surface area contributed by atoms with E-state index in [4.69, 9.17) is 20.9 Å². The number of benzene rings is 2. The van der Waals surface area contributed by atoms with Gasteiger partial charge in [0.15, 0.2) is 0 Å². The van der Waals surface area contributed by atoms with E-state index >= 15 is 0 Å². The first-order valence-electron chi connectivity index (χ1n) is 9.19. The third kappa shape index (κ3) is 3.90. The molecule has 152 valence electrons. The number of nitrogens with zero attached hydrogens (tertiary/aromatic N) is 3. The lowest BCUT2D eigenvalue weighted by molar-refractivity contribution is -0.116. The predicted octanol–water partition coefficient (Wildman–Crippen LogP) is 3.74. The number of amides is 1. The SMILES string of the molecule is CCOc1ccccc1NC(=O)Cn1cnc2onc(-c3ccc(Cl)cc3)c2c1=O. The summed E-state index contributed by atoms with van der Waals surface area (Å²) in [7, 11) is 0. The number of para-hydroxylation sites is 2. The Bertz CT molecular complexity index is 1260. The molecule has 1 N–H and O–H groups in total. The van der Waals surface area contributed by atoms with Gasteiger partial charge in [-0.25, -0.2) is 4.98 Å². The average molecular weight is 425 g/mol. The number of carbonyl (C=O) groups excluding carboxylic acids is 1. The molecule has 2 heterocycles. The van der Waals surface area contributed by atoms with E-state index in [1.54, 1.807) is 42.5 Å². The molecule has 9 heteroatoms. The van der Waals surface area contributed by atoms with Gasteiger partial charge in [0, 0.05) is 10.6 Å². The maximum Gasteiger partial charge on any atom is 0.267 e. The minimum atomic E-state index is -0.431. The third-order valence-electron chi connectivity index (χ3n) is 4.36. The Balaban J connectivity index is 1.63. The summed E-state index contributed by atoms with van der Waals surface area (Å²) in [6.45, 7) is 2.09. The highest BCUT2D eigenvalue weighted by atomic mass is 35.5. The number of carbonyl (C=O) groups is 1. The largest absolute Gasteiger partial charge is 0.492 e. The quantitative estimate of drug-likeness (QED) is 0.506. The van der Waals surface area contributed by atoms with Crippen LogP contribution in [-0.4, -0.2) is 27.2 Å². The summed E-state index contributed by atoms with van der Waals surface area (Å²) in [5, 5.41) is 7.48. The number of hydrogen-bond acceptors (Lipinski definition) is 6. The summed E-state index contributed by atoms with van der Waals surface area (Å²) in [6, 6.07) is 13.9. The zero-order valence-electron chi connectivity index (χ0n) is 16.0. The normalized spacial score (nSPS) is 10.9. The molecule has 0 bridgehead atoms. The Morgan fingerprint density at radius 1 is 1.20 bits per heavy atom. The van der Waals surface area contributed by atoms with E-state index in [0.29, 0.717) is 34.3 Å². The fourth-order valence-corrected chi connectivity index (χ4v) is 3.12. The summed E-state index contributed by atoms with van der Waals surface area (Å²) in [5.74, 6) is 0.160. The maximum atomic E-state index is 13.0. The van der Waals surface area contributed by atoms with Gasteiger partial charge in [-0.3, -0.25) is 14.2 Å². The monoisotopic (exact) mass is 424 g/mol. The highest BCUT2D eigenvalue weighted by Crippen LogP contribution is 2.26. The highest BCUT2D eigenvalue weighted by Gasteiger charge is 2.18. The molecule has 1 amide bonds. The van der Waals surface area contributed by atoms with Gasteiger partial charge in [0.25, 0.3) is 11.3 Å². The van der Waals surface area contributed by atoms with E-state index in [2.05, 4.69) is 15.5 Å². The molecule has 0 unspecified atom stereocenters. The minimum absolute atomic E-state index is 0.100. The Labute approximate surface area is 176 Å². The molecular formula is C21H17ClN4O4. The van der Waals surface area contributed by atoms with Gasteiger partial charge >= 0.3 is 0 Å². The molecule has 2 aromatic carbocycles. The second-order valence-corrected chi connectivity index (χ2v) is 6.81. The van der Waals surface area contributed by atoms with Crippen molar-refractivity contribution in [1.82, 2.24) is 14.7 Å². The van der Waals surface area contributed by atoms with Crippen molar-refractivity contribution in [2.45, 2.75) is 13.5 Å². The minimum Gasteiger partial charge on any atom is -0.492 e. The summed E-state index contributed by atoms with van der Waals surface area (Å²) in [4.78, 5) is 29.7. The van der Waals surface area contributed by atoms with Crippen LogP contribution in [0.5, 0.6) is 5.75 Å². The number of ether oxygens (including phenoxy) is 1. The standard InChI is InChI=1S/C21H17ClN4O4/c1-2-29-16-6-4-3-5-15(16)24-17(27)11-26-12-23-20-18(21(26)28)19(25-30-20)13-7-9-14(22)10-8-13/h3-10,12H,2,11H2,1H3,(H,24,27). The summed E-state index contributed by atoms with van der Waals surface area (Å²) in [6.07, 6.45) is 1.26. The van der Waals surface area contributed by atoms with Crippen LogP contribution in [0.25, 0.3) is 22.4 Å². The highest BCUT2D eigenvalue weighted by molar-refractivity contribution is 6.30. The summed E-state index contributed by atoms with van der Waals surface area (Å²) >= 11 is 5.93. The van der Waals surface area contributed by atoms with E-state index in [-0.39, 0.29) is 17.6 Å². The maximum absolute atomic E-state index is 13.0. The van der Waals surface area contributed by atoms with Crippen LogP contribution in [0.1, 0.15) is 6.92 Å². The van der Waals surface area contributed by atoms with Gasteiger partial charge in [0.05, 0.1) is 12.3 Å². The summed E-state index contributed by atoms with van der Waals surface area (Å²) in [5.41, 5.74) is 1.20. The molecule has 0 aliphatic heterocycles. The zero-order valence-corrected chi connectivity index (χ0v) is 16.7. The number of hydrogen-bond donors (Lipinski definition) is 1. The molecule has 30 heavy (non-hydrogen) atoms. The van der Waals surface area contributed by atoms with Crippen LogP contribution >= 0.6 is 11.6 Å². The molecule has 0 radical (unpaired) electrons. The molecule has 4 aromatic rings. The first-order chi connectivity index (χ1) is 14.6. The molecule has 0 atom stereocenters. The van der Waals surface area contributed by atoms with Crippen molar-refractivity contribution in [3.63, 3.8) is 0 Å². The second-order valence-electron chi connectivity index (χ2n) is 6.37. The predicted molar refractivity (Wildman–Crippen MR) is 113 cm³/mol. The first-order valence-corrected chi connectivity index (χ1v) is 9.57.